The van der Waals surface area contributed by atoms with Gasteiger partial charge in [-0.2, -0.15) is 0 Å². The Morgan fingerprint density at radius 1 is 1.10 bits per heavy atom. The molecule has 0 aromatic carbocycles. The van der Waals surface area contributed by atoms with Crippen LogP contribution in [-0.4, -0.2) is 23.3 Å². The van der Waals surface area contributed by atoms with Crippen LogP contribution in [0.15, 0.2) is 0 Å². The van der Waals surface area contributed by atoms with Crippen LogP contribution < -0.4 is 5.32 Å². The SMILES string of the molecule is OC1CC2CCC[C@H](C1)N2. The Labute approximate surface area is 61.6 Å². The molecule has 2 rings (SSSR count). The van der Waals surface area contributed by atoms with Crippen molar-refractivity contribution in [1.29, 1.82) is 0 Å². The minimum atomic E-state index is -0.0171. The lowest BCUT2D eigenvalue weighted by Gasteiger charge is -2.38. The molecule has 0 aromatic rings. The van der Waals surface area contributed by atoms with Gasteiger partial charge in [0.25, 0.3) is 0 Å². The molecule has 2 nitrogen and oxygen atoms in total. The number of hydrogen-bond donors (Lipinski definition) is 2. The molecule has 2 saturated heterocycles. The molecule has 2 aliphatic rings. The molecule has 10 heavy (non-hydrogen) atoms. The van der Waals surface area contributed by atoms with Crippen molar-refractivity contribution in [3.63, 3.8) is 0 Å². The minimum absolute atomic E-state index is 0.0171. The van der Waals surface area contributed by atoms with E-state index in [2.05, 4.69) is 5.32 Å². The summed E-state index contributed by atoms with van der Waals surface area (Å²) in [5.74, 6) is 0. The highest BCUT2D eigenvalue weighted by Gasteiger charge is 2.29. The molecule has 2 fully saturated rings. The largest absolute Gasteiger partial charge is 0.393 e. The van der Waals surface area contributed by atoms with Gasteiger partial charge in [0.05, 0.1) is 6.10 Å². The third-order valence-electron chi connectivity index (χ3n) is 2.69. The third-order valence-corrected chi connectivity index (χ3v) is 2.69. The quantitative estimate of drug-likeness (QED) is 0.519. The van der Waals surface area contributed by atoms with E-state index < -0.39 is 0 Å². The van der Waals surface area contributed by atoms with Crippen LogP contribution in [0.3, 0.4) is 0 Å². The Bertz CT molecular complexity index is 110. The van der Waals surface area contributed by atoms with Gasteiger partial charge in [0.15, 0.2) is 0 Å². The van der Waals surface area contributed by atoms with Gasteiger partial charge in [-0.25, -0.2) is 0 Å². The van der Waals surface area contributed by atoms with Crippen molar-refractivity contribution in [2.75, 3.05) is 0 Å². The molecule has 2 heterocycles. The van der Waals surface area contributed by atoms with Crippen molar-refractivity contribution in [2.45, 2.75) is 50.3 Å². The second-order valence-electron chi connectivity index (χ2n) is 3.62. The average Bonchev–Trinajstić information content (AvgIpc) is 1.85. The van der Waals surface area contributed by atoms with Crippen LogP contribution in [0.25, 0.3) is 0 Å². The molecular formula is C8H15NO. The summed E-state index contributed by atoms with van der Waals surface area (Å²) in [7, 11) is 0. The summed E-state index contributed by atoms with van der Waals surface area (Å²) in [6.45, 7) is 0. The van der Waals surface area contributed by atoms with E-state index in [4.69, 9.17) is 0 Å². The minimum Gasteiger partial charge on any atom is -0.393 e. The van der Waals surface area contributed by atoms with E-state index >= 15 is 0 Å². The zero-order valence-electron chi connectivity index (χ0n) is 6.21. The first-order valence-corrected chi connectivity index (χ1v) is 4.29. The van der Waals surface area contributed by atoms with Crippen molar-refractivity contribution in [3.05, 3.63) is 0 Å². The maximum atomic E-state index is 9.38. The van der Waals surface area contributed by atoms with Gasteiger partial charge in [0, 0.05) is 12.1 Å². The molecule has 58 valence electrons. The molecule has 2 unspecified atom stereocenters. The molecule has 0 spiro atoms. The van der Waals surface area contributed by atoms with Crippen LogP contribution in [0.2, 0.25) is 0 Å². The van der Waals surface area contributed by atoms with E-state index in [1.54, 1.807) is 0 Å². The Balaban J connectivity index is 1.98. The van der Waals surface area contributed by atoms with Crippen LogP contribution in [0.4, 0.5) is 0 Å². The Kier molecular flexibility index (Phi) is 1.66. The number of aliphatic hydroxyl groups excluding tert-OH is 1. The Hall–Kier alpha value is -0.0800. The molecule has 0 aromatic heterocycles. The van der Waals surface area contributed by atoms with Crippen LogP contribution in [0, 0.1) is 0 Å². The van der Waals surface area contributed by atoms with Gasteiger partial charge in [-0.1, -0.05) is 6.42 Å². The molecular weight excluding hydrogens is 126 g/mol. The van der Waals surface area contributed by atoms with Crippen molar-refractivity contribution >= 4 is 0 Å². The van der Waals surface area contributed by atoms with Crippen LogP contribution in [0.1, 0.15) is 32.1 Å². The summed E-state index contributed by atoms with van der Waals surface area (Å²) in [5.41, 5.74) is 0. The number of rotatable bonds is 0. The maximum absolute atomic E-state index is 9.38. The number of aliphatic hydroxyl groups is 1. The monoisotopic (exact) mass is 141 g/mol. The highest BCUT2D eigenvalue weighted by Crippen LogP contribution is 2.25. The second kappa shape index (κ2) is 2.51. The topological polar surface area (TPSA) is 32.3 Å². The van der Waals surface area contributed by atoms with Gasteiger partial charge in [0.1, 0.15) is 0 Å². The van der Waals surface area contributed by atoms with Crippen molar-refractivity contribution in [3.8, 4) is 0 Å². The predicted octanol–water partition coefficient (Wildman–Crippen LogP) is 0.652. The first kappa shape index (κ1) is 6.62. The van der Waals surface area contributed by atoms with E-state index in [0.717, 1.165) is 12.8 Å². The predicted molar refractivity (Wildman–Crippen MR) is 39.8 cm³/mol. The van der Waals surface area contributed by atoms with E-state index in [1.807, 2.05) is 0 Å². The smallest absolute Gasteiger partial charge is 0.0569 e. The molecule has 2 heteroatoms. The molecule has 3 atom stereocenters. The van der Waals surface area contributed by atoms with Crippen molar-refractivity contribution in [2.24, 2.45) is 0 Å². The molecule has 0 saturated carbocycles. The highest BCUT2D eigenvalue weighted by molar-refractivity contribution is 4.88. The van der Waals surface area contributed by atoms with Crippen LogP contribution in [-0.2, 0) is 0 Å². The number of hydrogen-bond acceptors (Lipinski definition) is 2. The fraction of sp³-hybridized carbons (Fsp3) is 1.00. The van der Waals surface area contributed by atoms with Crippen LogP contribution in [0.5, 0.6) is 0 Å². The molecule has 0 radical (unpaired) electrons. The maximum Gasteiger partial charge on any atom is 0.0569 e. The normalized spacial score (nSPS) is 47.1. The lowest BCUT2D eigenvalue weighted by Crippen LogP contribution is -2.50. The summed E-state index contributed by atoms with van der Waals surface area (Å²) in [6, 6.07) is 1.25. The first-order chi connectivity index (χ1) is 4.84. The van der Waals surface area contributed by atoms with Gasteiger partial charge in [-0.3, -0.25) is 0 Å². The fourth-order valence-electron chi connectivity index (χ4n) is 2.24. The average molecular weight is 141 g/mol. The van der Waals surface area contributed by atoms with Gasteiger partial charge in [-0.05, 0) is 25.7 Å². The summed E-state index contributed by atoms with van der Waals surface area (Å²) in [6.07, 6.45) is 5.85. The van der Waals surface area contributed by atoms with Gasteiger partial charge >= 0.3 is 0 Å². The van der Waals surface area contributed by atoms with Crippen molar-refractivity contribution in [1.82, 2.24) is 5.32 Å². The number of piperidine rings is 2. The molecule has 0 aliphatic carbocycles. The summed E-state index contributed by atoms with van der Waals surface area (Å²) in [5, 5.41) is 12.9. The molecule has 2 bridgehead atoms. The molecule has 0 amide bonds. The summed E-state index contributed by atoms with van der Waals surface area (Å²) in [4.78, 5) is 0. The molecule has 2 N–H and O–H groups in total. The first-order valence-electron chi connectivity index (χ1n) is 4.29. The summed E-state index contributed by atoms with van der Waals surface area (Å²) < 4.78 is 0. The van der Waals surface area contributed by atoms with Gasteiger partial charge in [0.2, 0.25) is 0 Å². The van der Waals surface area contributed by atoms with E-state index in [1.165, 1.54) is 19.3 Å². The van der Waals surface area contributed by atoms with Crippen LogP contribution >= 0.6 is 0 Å². The Morgan fingerprint density at radius 2 is 1.70 bits per heavy atom. The van der Waals surface area contributed by atoms with Crippen molar-refractivity contribution < 1.29 is 5.11 Å². The Morgan fingerprint density at radius 3 is 2.30 bits per heavy atom. The van der Waals surface area contributed by atoms with E-state index in [-0.39, 0.29) is 6.10 Å². The van der Waals surface area contributed by atoms with Gasteiger partial charge in [-0.15, -0.1) is 0 Å². The zero-order chi connectivity index (χ0) is 6.97. The fourth-order valence-corrected chi connectivity index (χ4v) is 2.24. The number of fused-ring (bicyclic) bond motifs is 2. The number of nitrogens with one attached hydrogen (secondary N) is 1. The zero-order valence-corrected chi connectivity index (χ0v) is 6.21. The summed E-state index contributed by atoms with van der Waals surface area (Å²) >= 11 is 0. The van der Waals surface area contributed by atoms with E-state index in [0.29, 0.717) is 12.1 Å². The third kappa shape index (κ3) is 1.18. The van der Waals surface area contributed by atoms with E-state index in [9.17, 15) is 5.11 Å². The standard InChI is InChI=1S/C8H15NO/c10-8-4-6-2-1-3-7(5-8)9-6/h6-10H,1-5H2/t6-,7?,8?/m1/s1. The highest BCUT2D eigenvalue weighted by atomic mass is 16.3. The lowest BCUT2D eigenvalue weighted by molar-refractivity contribution is 0.0741. The lowest BCUT2D eigenvalue weighted by atomic mass is 9.85. The van der Waals surface area contributed by atoms with Gasteiger partial charge < -0.3 is 10.4 Å². The second-order valence-corrected chi connectivity index (χ2v) is 3.62. The molecule has 2 aliphatic heterocycles.